The number of aromatic nitrogens is 2. The molecule has 1 aliphatic heterocycles. The Morgan fingerprint density at radius 2 is 1.92 bits per heavy atom. The van der Waals surface area contributed by atoms with E-state index in [-0.39, 0.29) is 0 Å². The van der Waals surface area contributed by atoms with Crippen molar-refractivity contribution in [1.29, 1.82) is 0 Å². The van der Waals surface area contributed by atoms with E-state index in [2.05, 4.69) is 43.7 Å². The van der Waals surface area contributed by atoms with Crippen LogP contribution >= 0.6 is 0 Å². The molecule has 2 fully saturated rings. The highest BCUT2D eigenvalue weighted by molar-refractivity contribution is 5.74. The van der Waals surface area contributed by atoms with Crippen LogP contribution in [-0.2, 0) is 4.74 Å². The molecule has 1 aromatic heterocycles. The highest BCUT2D eigenvalue weighted by Gasteiger charge is 2.22. The maximum atomic E-state index is 5.46. The first kappa shape index (κ1) is 15.2. The van der Waals surface area contributed by atoms with E-state index in [1.807, 2.05) is 19.1 Å². The van der Waals surface area contributed by atoms with E-state index >= 15 is 0 Å². The number of nitrogens with one attached hydrogen (secondary N) is 2. The van der Waals surface area contributed by atoms with Crippen molar-refractivity contribution in [3.63, 3.8) is 0 Å². The first-order valence-corrected chi connectivity index (χ1v) is 8.59. The van der Waals surface area contributed by atoms with Crippen LogP contribution < -0.4 is 15.5 Å². The fourth-order valence-corrected chi connectivity index (χ4v) is 2.90. The van der Waals surface area contributed by atoms with Gasteiger partial charge in [-0.05, 0) is 31.9 Å². The van der Waals surface area contributed by atoms with Gasteiger partial charge in [-0.3, -0.25) is 0 Å². The molecule has 6 heteroatoms. The molecule has 6 nitrogen and oxygen atoms in total. The minimum Gasteiger partial charge on any atom is -0.378 e. The van der Waals surface area contributed by atoms with Crippen LogP contribution in [0.2, 0.25) is 0 Å². The van der Waals surface area contributed by atoms with Crippen molar-refractivity contribution < 1.29 is 4.74 Å². The Labute approximate surface area is 142 Å². The van der Waals surface area contributed by atoms with Gasteiger partial charge in [0.1, 0.15) is 5.82 Å². The van der Waals surface area contributed by atoms with Gasteiger partial charge in [-0.1, -0.05) is 12.1 Å². The molecule has 24 heavy (non-hydrogen) atoms. The highest BCUT2D eigenvalue weighted by Crippen LogP contribution is 2.29. The molecule has 0 bridgehead atoms. The summed E-state index contributed by atoms with van der Waals surface area (Å²) in [6.45, 7) is 5.37. The van der Waals surface area contributed by atoms with Gasteiger partial charge in [-0.15, -0.1) is 0 Å². The Hall–Kier alpha value is -2.34. The summed E-state index contributed by atoms with van der Waals surface area (Å²) in [7, 11) is 0. The third-order valence-corrected chi connectivity index (χ3v) is 4.28. The number of hydrogen-bond acceptors (Lipinski definition) is 6. The summed E-state index contributed by atoms with van der Waals surface area (Å²) < 4.78 is 5.46. The Morgan fingerprint density at radius 1 is 1.12 bits per heavy atom. The molecule has 1 aliphatic carbocycles. The van der Waals surface area contributed by atoms with Gasteiger partial charge in [0.25, 0.3) is 0 Å². The van der Waals surface area contributed by atoms with Gasteiger partial charge >= 0.3 is 0 Å². The lowest BCUT2D eigenvalue weighted by atomic mass is 10.2. The summed E-state index contributed by atoms with van der Waals surface area (Å²) >= 11 is 0. The molecular weight excluding hydrogens is 302 g/mol. The molecule has 0 spiro atoms. The normalized spacial score (nSPS) is 17.6. The minimum absolute atomic E-state index is 0.542. The molecule has 0 unspecified atom stereocenters. The SMILES string of the molecule is Cc1cc(Nc2ccccc2N2CCOCC2)nc(NC2CC2)n1. The van der Waals surface area contributed by atoms with Crippen LogP contribution in [0.15, 0.2) is 30.3 Å². The lowest BCUT2D eigenvalue weighted by molar-refractivity contribution is 0.123. The standard InChI is InChI=1S/C18H23N5O/c1-13-12-17(22-18(19-13)20-14-6-7-14)21-15-4-2-3-5-16(15)23-8-10-24-11-9-23/h2-5,12,14H,6-11H2,1H3,(H2,19,20,21,22). The van der Waals surface area contributed by atoms with Gasteiger partial charge in [-0.2, -0.15) is 4.98 Å². The van der Waals surface area contributed by atoms with Crippen molar-refractivity contribution in [2.45, 2.75) is 25.8 Å². The predicted molar refractivity (Wildman–Crippen MR) is 96.2 cm³/mol. The van der Waals surface area contributed by atoms with Crippen LogP contribution in [0.4, 0.5) is 23.1 Å². The van der Waals surface area contributed by atoms with E-state index in [4.69, 9.17) is 4.74 Å². The largest absolute Gasteiger partial charge is 0.378 e. The number of benzene rings is 1. The van der Waals surface area contributed by atoms with E-state index in [1.54, 1.807) is 0 Å². The van der Waals surface area contributed by atoms with Crippen LogP contribution in [0.1, 0.15) is 18.5 Å². The van der Waals surface area contributed by atoms with E-state index < -0.39 is 0 Å². The highest BCUT2D eigenvalue weighted by atomic mass is 16.5. The number of anilines is 4. The molecule has 2 aromatic rings. The Morgan fingerprint density at radius 3 is 2.71 bits per heavy atom. The Bertz CT molecular complexity index is 710. The van der Waals surface area contributed by atoms with Gasteiger partial charge in [0.05, 0.1) is 24.6 Å². The van der Waals surface area contributed by atoms with E-state index in [0.29, 0.717) is 12.0 Å². The van der Waals surface area contributed by atoms with Gasteiger partial charge in [-0.25, -0.2) is 4.98 Å². The molecule has 0 amide bonds. The second-order valence-electron chi connectivity index (χ2n) is 6.38. The topological polar surface area (TPSA) is 62.3 Å². The van der Waals surface area contributed by atoms with Crippen LogP contribution in [0.25, 0.3) is 0 Å². The van der Waals surface area contributed by atoms with Crippen molar-refractivity contribution in [2.24, 2.45) is 0 Å². The first-order valence-electron chi connectivity index (χ1n) is 8.59. The summed E-state index contributed by atoms with van der Waals surface area (Å²) in [4.78, 5) is 11.4. The summed E-state index contributed by atoms with van der Waals surface area (Å²) in [5.74, 6) is 1.54. The molecule has 1 saturated heterocycles. The molecule has 126 valence electrons. The van der Waals surface area contributed by atoms with Gasteiger partial charge in [0.2, 0.25) is 5.95 Å². The van der Waals surface area contributed by atoms with Gasteiger partial charge in [0.15, 0.2) is 0 Å². The number of hydrogen-bond donors (Lipinski definition) is 2. The van der Waals surface area contributed by atoms with Gasteiger partial charge < -0.3 is 20.3 Å². The van der Waals surface area contributed by atoms with Crippen LogP contribution in [0, 0.1) is 6.92 Å². The number of ether oxygens (including phenoxy) is 1. The molecule has 4 rings (SSSR count). The molecular formula is C18H23N5O. The number of morpholine rings is 1. The molecule has 0 atom stereocenters. The van der Waals surface area contributed by atoms with Crippen molar-refractivity contribution in [3.8, 4) is 0 Å². The Kier molecular flexibility index (Phi) is 4.21. The van der Waals surface area contributed by atoms with Crippen LogP contribution in [0.5, 0.6) is 0 Å². The van der Waals surface area contributed by atoms with Crippen molar-refractivity contribution in [1.82, 2.24) is 9.97 Å². The third-order valence-electron chi connectivity index (χ3n) is 4.28. The van der Waals surface area contributed by atoms with Crippen molar-refractivity contribution >= 4 is 23.1 Å². The van der Waals surface area contributed by atoms with Crippen LogP contribution in [0.3, 0.4) is 0 Å². The number of nitrogens with zero attached hydrogens (tertiary/aromatic N) is 3. The fraction of sp³-hybridized carbons (Fsp3) is 0.444. The van der Waals surface area contributed by atoms with E-state index in [9.17, 15) is 0 Å². The van der Waals surface area contributed by atoms with E-state index in [0.717, 1.165) is 43.5 Å². The lowest BCUT2D eigenvalue weighted by Gasteiger charge is -2.30. The van der Waals surface area contributed by atoms with Crippen molar-refractivity contribution in [2.75, 3.05) is 41.8 Å². The summed E-state index contributed by atoms with van der Waals surface area (Å²) in [6.07, 6.45) is 2.42. The summed E-state index contributed by atoms with van der Waals surface area (Å²) in [5.41, 5.74) is 3.21. The Balaban J connectivity index is 1.57. The smallest absolute Gasteiger partial charge is 0.225 e. The quantitative estimate of drug-likeness (QED) is 0.881. The number of aryl methyl sites for hydroxylation is 1. The average molecular weight is 325 g/mol. The lowest BCUT2D eigenvalue weighted by Crippen LogP contribution is -2.36. The second kappa shape index (κ2) is 6.65. The summed E-state index contributed by atoms with van der Waals surface area (Å²) in [5, 5.41) is 6.84. The van der Waals surface area contributed by atoms with E-state index in [1.165, 1.54) is 18.5 Å². The number of rotatable bonds is 5. The zero-order chi connectivity index (χ0) is 16.4. The first-order chi connectivity index (χ1) is 11.8. The maximum absolute atomic E-state index is 5.46. The molecule has 2 aliphatic rings. The minimum atomic E-state index is 0.542. The van der Waals surface area contributed by atoms with Crippen molar-refractivity contribution in [3.05, 3.63) is 36.0 Å². The molecule has 2 heterocycles. The fourth-order valence-electron chi connectivity index (χ4n) is 2.90. The zero-order valence-corrected chi connectivity index (χ0v) is 14.0. The maximum Gasteiger partial charge on any atom is 0.225 e. The predicted octanol–water partition coefficient (Wildman–Crippen LogP) is 2.94. The van der Waals surface area contributed by atoms with Gasteiger partial charge in [0, 0.05) is 30.9 Å². The molecule has 1 saturated carbocycles. The average Bonchev–Trinajstić information content (AvgIpc) is 3.39. The third kappa shape index (κ3) is 3.59. The second-order valence-corrected chi connectivity index (χ2v) is 6.38. The summed E-state index contributed by atoms with van der Waals surface area (Å²) in [6, 6.07) is 10.9. The zero-order valence-electron chi connectivity index (χ0n) is 14.0. The monoisotopic (exact) mass is 325 g/mol. The van der Waals surface area contributed by atoms with Crippen LogP contribution in [-0.4, -0.2) is 42.3 Å². The molecule has 2 N–H and O–H groups in total. The number of para-hydroxylation sites is 2. The molecule has 1 aromatic carbocycles. The molecule has 0 radical (unpaired) electrons.